The molecule has 88 valence electrons. The average Bonchev–Trinajstić information content (AvgIpc) is 2.38. The molecule has 1 aromatic heterocycles. The Labute approximate surface area is 110 Å². The fourth-order valence-electron chi connectivity index (χ4n) is 2.34. The maximum Gasteiger partial charge on any atom is 0.115 e. The summed E-state index contributed by atoms with van der Waals surface area (Å²) in [6, 6.07) is 2.01. The largest absolute Gasteiger partial charge is 0.250 e. The maximum absolute atomic E-state index is 5.79. The Kier molecular flexibility index (Phi) is 4.72. The zero-order valence-corrected chi connectivity index (χ0v) is 11.2. The molecule has 0 spiro atoms. The van der Waals surface area contributed by atoms with Crippen molar-refractivity contribution < 1.29 is 0 Å². The van der Waals surface area contributed by atoms with Gasteiger partial charge in [0.05, 0.1) is 0 Å². The molecule has 3 heteroatoms. The highest BCUT2D eigenvalue weighted by Crippen LogP contribution is 2.26. The van der Waals surface area contributed by atoms with Crippen LogP contribution in [0.25, 0.3) is 6.08 Å². The first-order chi connectivity index (χ1) is 8.29. The van der Waals surface area contributed by atoms with Crippen molar-refractivity contribution in [2.45, 2.75) is 37.1 Å². The molecule has 0 N–H and O–H groups in total. The van der Waals surface area contributed by atoms with E-state index in [1.807, 2.05) is 6.07 Å². The normalized spacial score (nSPS) is 17.7. The van der Waals surface area contributed by atoms with Gasteiger partial charge in [0.25, 0.3) is 0 Å². The molecule has 1 heterocycles. The number of thioether (sulfide) groups is 1. The summed E-state index contributed by atoms with van der Waals surface area (Å²) in [7, 11) is 5.79. The van der Waals surface area contributed by atoms with Crippen molar-refractivity contribution in [2.75, 3.05) is 6.26 Å². The summed E-state index contributed by atoms with van der Waals surface area (Å²) in [4.78, 5) is 4.35. The quantitative estimate of drug-likeness (QED) is 0.597. The van der Waals surface area contributed by atoms with Gasteiger partial charge in [0.15, 0.2) is 0 Å². The number of hydrogen-bond donors (Lipinski definition) is 0. The number of aromatic nitrogens is 1. The minimum absolute atomic E-state index is 0.742. The molecule has 1 aromatic rings. The van der Waals surface area contributed by atoms with Crippen LogP contribution in [0.15, 0.2) is 23.4 Å². The summed E-state index contributed by atoms with van der Waals surface area (Å²) in [5, 5.41) is 1.06. The van der Waals surface area contributed by atoms with E-state index in [4.69, 9.17) is 7.85 Å². The van der Waals surface area contributed by atoms with Crippen LogP contribution in [-0.4, -0.2) is 19.1 Å². The van der Waals surface area contributed by atoms with Crippen LogP contribution in [0.5, 0.6) is 0 Å². The van der Waals surface area contributed by atoms with E-state index in [0.717, 1.165) is 22.0 Å². The SMILES string of the molecule is [B]c1cnc(SC)c(/C=C/C2CCCCC2)c1. The lowest BCUT2D eigenvalue weighted by atomic mass is 9.88. The van der Waals surface area contributed by atoms with Crippen LogP contribution >= 0.6 is 11.8 Å². The van der Waals surface area contributed by atoms with Crippen molar-refractivity contribution in [3.05, 3.63) is 23.9 Å². The zero-order valence-electron chi connectivity index (χ0n) is 10.4. The lowest BCUT2D eigenvalue weighted by Gasteiger charge is -2.17. The van der Waals surface area contributed by atoms with Crippen LogP contribution in [0.1, 0.15) is 37.7 Å². The van der Waals surface area contributed by atoms with Gasteiger partial charge in [-0.1, -0.05) is 42.9 Å². The second-order valence-corrected chi connectivity index (χ2v) is 5.42. The highest BCUT2D eigenvalue weighted by Gasteiger charge is 2.10. The minimum Gasteiger partial charge on any atom is -0.250 e. The Morgan fingerprint density at radius 2 is 2.12 bits per heavy atom. The molecule has 2 radical (unpaired) electrons. The average molecular weight is 243 g/mol. The van der Waals surface area contributed by atoms with E-state index in [1.165, 1.54) is 32.1 Å². The minimum atomic E-state index is 0.742. The molecule has 17 heavy (non-hydrogen) atoms. The van der Waals surface area contributed by atoms with Gasteiger partial charge in [0.1, 0.15) is 12.9 Å². The first-order valence-corrected chi connectivity index (χ1v) is 7.50. The van der Waals surface area contributed by atoms with Crippen LogP contribution in [0.4, 0.5) is 0 Å². The fourth-order valence-corrected chi connectivity index (χ4v) is 2.86. The summed E-state index contributed by atoms with van der Waals surface area (Å²) in [6.07, 6.45) is 15.1. The second kappa shape index (κ2) is 6.30. The topological polar surface area (TPSA) is 12.9 Å². The molecule has 1 nitrogen and oxygen atoms in total. The predicted molar refractivity (Wildman–Crippen MR) is 77.0 cm³/mol. The molecule has 0 bridgehead atoms. The number of nitrogens with zero attached hydrogens (tertiary/aromatic N) is 1. The summed E-state index contributed by atoms with van der Waals surface area (Å²) in [5.74, 6) is 0.750. The third kappa shape index (κ3) is 3.63. The lowest BCUT2D eigenvalue weighted by molar-refractivity contribution is 0.420. The smallest absolute Gasteiger partial charge is 0.115 e. The van der Waals surface area contributed by atoms with Crippen molar-refractivity contribution in [3.63, 3.8) is 0 Å². The highest BCUT2D eigenvalue weighted by molar-refractivity contribution is 7.98. The highest BCUT2D eigenvalue weighted by atomic mass is 32.2. The van der Waals surface area contributed by atoms with Crippen LogP contribution < -0.4 is 5.46 Å². The van der Waals surface area contributed by atoms with E-state index in [0.29, 0.717) is 0 Å². The van der Waals surface area contributed by atoms with E-state index in [-0.39, 0.29) is 0 Å². The van der Waals surface area contributed by atoms with Crippen LogP contribution in [-0.2, 0) is 0 Å². The number of allylic oxidation sites excluding steroid dienone is 1. The molecule has 0 unspecified atom stereocenters. The predicted octanol–water partition coefficient (Wildman–Crippen LogP) is 3.19. The third-order valence-corrected chi connectivity index (χ3v) is 4.02. The van der Waals surface area contributed by atoms with E-state index in [2.05, 4.69) is 23.4 Å². The summed E-state index contributed by atoms with van der Waals surface area (Å²) in [5.41, 5.74) is 1.90. The van der Waals surface area contributed by atoms with Crippen LogP contribution in [0.3, 0.4) is 0 Å². The molecule has 0 saturated heterocycles. The molecule has 1 fully saturated rings. The Morgan fingerprint density at radius 1 is 1.35 bits per heavy atom. The van der Waals surface area contributed by atoms with E-state index in [1.54, 1.807) is 18.0 Å². The van der Waals surface area contributed by atoms with Gasteiger partial charge in [-0.15, -0.1) is 11.8 Å². The van der Waals surface area contributed by atoms with Gasteiger partial charge in [-0.2, -0.15) is 0 Å². The van der Waals surface area contributed by atoms with Gasteiger partial charge in [-0.3, -0.25) is 0 Å². The fraction of sp³-hybridized carbons (Fsp3) is 0.500. The third-order valence-electron chi connectivity index (χ3n) is 3.29. The van der Waals surface area contributed by atoms with Gasteiger partial charge in [-0.05, 0) is 25.0 Å². The Morgan fingerprint density at radius 3 is 2.82 bits per heavy atom. The van der Waals surface area contributed by atoms with Crippen molar-refractivity contribution in [3.8, 4) is 0 Å². The Bertz CT molecular complexity index is 397. The van der Waals surface area contributed by atoms with Gasteiger partial charge in [0, 0.05) is 11.8 Å². The lowest BCUT2D eigenvalue weighted by Crippen LogP contribution is -2.05. The first kappa shape index (κ1) is 12.8. The van der Waals surface area contributed by atoms with Crippen molar-refractivity contribution in [2.24, 2.45) is 5.92 Å². The molecule has 1 saturated carbocycles. The van der Waals surface area contributed by atoms with E-state index < -0.39 is 0 Å². The Balaban J connectivity index is 2.10. The van der Waals surface area contributed by atoms with Crippen molar-refractivity contribution in [1.29, 1.82) is 0 Å². The van der Waals surface area contributed by atoms with E-state index in [9.17, 15) is 0 Å². The number of hydrogen-bond acceptors (Lipinski definition) is 2. The van der Waals surface area contributed by atoms with Gasteiger partial charge in [0.2, 0.25) is 0 Å². The van der Waals surface area contributed by atoms with Gasteiger partial charge in [-0.25, -0.2) is 4.98 Å². The molecule has 0 atom stereocenters. The molecule has 2 rings (SSSR count). The first-order valence-electron chi connectivity index (χ1n) is 6.27. The standard InChI is InChI=1S/C14H18BNS/c1-17-14-12(9-13(15)10-16-14)8-7-11-5-3-2-4-6-11/h7-11H,2-6H2,1H3/b8-7+. The maximum atomic E-state index is 5.79. The molecule has 0 aliphatic heterocycles. The van der Waals surface area contributed by atoms with Crippen LogP contribution in [0, 0.1) is 5.92 Å². The van der Waals surface area contributed by atoms with Gasteiger partial charge >= 0.3 is 0 Å². The molecule has 1 aliphatic carbocycles. The molecule has 0 amide bonds. The zero-order chi connectivity index (χ0) is 12.1. The van der Waals surface area contributed by atoms with E-state index >= 15 is 0 Å². The second-order valence-electron chi connectivity index (χ2n) is 4.62. The summed E-state index contributed by atoms with van der Waals surface area (Å²) >= 11 is 1.67. The number of pyridine rings is 1. The molecule has 0 aromatic carbocycles. The van der Waals surface area contributed by atoms with Crippen molar-refractivity contribution in [1.82, 2.24) is 4.98 Å². The summed E-state index contributed by atoms with van der Waals surface area (Å²) in [6.45, 7) is 0. The number of rotatable bonds is 3. The monoisotopic (exact) mass is 243 g/mol. The van der Waals surface area contributed by atoms with Crippen LogP contribution in [0.2, 0.25) is 0 Å². The molecular formula is C14H18BNS. The molecular weight excluding hydrogens is 225 g/mol. The van der Waals surface area contributed by atoms with Crippen molar-refractivity contribution >= 4 is 31.1 Å². The Hall–Kier alpha value is -0.695. The van der Waals surface area contributed by atoms with Gasteiger partial charge < -0.3 is 0 Å². The molecule has 1 aliphatic rings. The summed E-state index contributed by atoms with van der Waals surface area (Å²) < 4.78 is 0.